The first kappa shape index (κ1) is 23.3. The maximum Gasteiger partial charge on any atom is 0.408 e. The molecule has 0 radical (unpaired) electrons. The Morgan fingerprint density at radius 3 is 2.41 bits per heavy atom. The van der Waals surface area contributed by atoms with Crippen LogP contribution in [-0.2, 0) is 27.4 Å². The van der Waals surface area contributed by atoms with Gasteiger partial charge in [0.15, 0.2) is 0 Å². The van der Waals surface area contributed by atoms with E-state index in [9.17, 15) is 9.59 Å². The number of nitrogens with one attached hydrogen (secondary N) is 2. The molecule has 1 atom stereocenters. The van der Waals surface area contributed by atoms with Gasteiger partial charge in [-0.15, -0.1) is 0 Å². The molecule has 0 aliphatic heterocycles. The first-order chi connectivity index (χ1) is 15.7. The fourth-order valence-corrected chi connectivity index (χ4v) is 3.48. The SMILES string of the molecule is COC(=O)[C@H](CCCCNCc1ccc2ccccc2c1)NC(=O)OCc1ccccc1. The Hall–Kier alpha value is -3.38. The number of hydrogen-bond donors (Lipinski definition) is 2. The minimum absolute atomic E-state index is 0.152. The first-order valence-electron chi connectivity index (χ1n) is 10.9. The van der Waals surface area contributed by atoms with Crippen molar-refractivity contribution in [2.24, 2.45) is 0 Å². The van der Waals surface area contributed by atoms with Crippen LogP contribution in [0.1, 0.15) is 30.4 Å². The number of esters is 1. The Labute approximate surface area is 188 Å². The summed E-state index contributed by atoms with van der Waals surface area (Å²) in [6.07, 6.45) is 1.51. The van der Waals surface area contributed by atoms with Gasteiger partial charge in [-0.2, -0.15) is 0 Å². The fraction of sp³-hybridized carbons (Fsp3) is 0.308. The van der Waals surface area contributed by atoms with Gasteiger partial charge in [0.2, 0.25) is 0 Å². The molecule has 0 unspecified atom stereocenters. The Morgan fingerprint density at radius 1 is 0.875 bits per heavy atom. The summed E-state index contributed by atoms with van der Waals surface area (Å²) in [6, 6.07) is 23.4. The zero-order chi connectivity index (χ0) is 22.6. The summed E-state index contributed by atoms with van der Waals surface area (Å²) < 4.78 is 10.0. The molecule has 6 heteroatoms. The smallest absolute Gasteiger partial charge is 0.408 e. The number of methoxy groups -OCH3 is 1. The summed E-state index contributed by atoms with van der Waals surface area (Å²) in [5, 5.41) is 8.52. The molecular weight excluding hydrogens is 404 g/mol. The quantitative estimate of drug-likeness (QED) is 0.342. The van der Waals surface area contributed by atoms with E-state index in [1.165, 1.54) is 23.4 Å². The average Bonchev–Trinajstić information content (AvgIpc) is 2.84. The topological polar surface area (TPSA) is 76.7 Å². The molecule has 0 aromatic heterocycles. The molecule has 168 valence electrons. The molecule has 3 aromatic carbocycles. The molecule has 1 amide bonds. The highest BCUT2D eigenvalue weighted by Gasteiger charge is 2.21. The molecule has 0 heterocycles. The standard InChI is InChI=1S/C26H30N2O4/c1-31-25(29)24(28-26(30)32-19-20-9-3-2-4-10-20)13-7-8-16-27-18-21-14-15-22-11-5-6-12-23(22)17-21/h2-6,9-12,14-15,17,24,27H,7-8,13,16,18-19H2,1H3,(H,28,30)/t24-/m0/s1. The van der Waals surface area contributed by atoms with Gasteiger partial charge in [0.25, 0.3) is 0 Å². The zero-order valence-corrected chi connectivity index (χ0v) is 18.4. The largest absolute Gasteiger partial charge is 0.467 e. The van der Waals surface area contributed by atoms with Crippen LogP contribution in [0.2, 0.25) is 0 Å². The van der Waals surface area contributed by atoms with E-state index in [-0.39, 0.29) is 6.61 Å². The summed E-state index contributed by atoms with van der Waals surface area (Å²) in [5.41, 5.74) is 2.12. The van der Waals surface area contributed by atoms with Crippen molar-refractivity contribution in [3.05, 3.63) is 83.9 Å². The van der Waals surface area contributed by atoms with E-state index < -0.39 is 18.1 Å². The number of fused-ring (bicyclic) bond motifs is 1. The molecule has 0 bridgehead atoms. The van der Waals surface area contributed by atoms with Crippen LogP contribution in [0.4, 0.5) is 4.79 Å². The van der Waals surface area contributed by atoms with Crippen molar-refractivity contribution in [2.75, 3.05) is 13.7 Å². The van der Waals surface area contributed by atoms with Crippen LogP contribution in [0.5, 0.6) is 0 Å². The van der Waals surface area contributed by atoms with Gasteiger partial charge in [0.05, 0.1) is 7.11 Å². The van der Waals surface area contributed by atoms with Crippen molar-refractivity contribution in [3.63, 3.8) is 0 Å². The van der Waals surface area contributed by atoms with Crippen LogP contribution in [0, 0.1) is 0 Å². The fourth-order valence-electron chi connectivity index (χ4n) is 3.48. The van der Waals surface area contributed by atoms with Crippen LogP contribution < -0.4 is 10.6 Å². The molecule has 3 rings (SSSR count). The van der Waals surface area contributed by atoms with Crippen LogP contribution in [0.25, 0.3) is 10.8 Å². The minimum Gasteiger partial charge on any atom is -0.467 e. The Bertz CT molecular complexity index is 1010. The second-order valence-corrected chi connectivity index (χ2v) is 7.64. The maximum atomic E-state index is 12.1. The molecule has 0 aliphatic rings. The number of ether oxygens (including phenoxy) is 2. The second kappa shape index (κ2) is 12.5. The third-order valence-corrected chi connectivity index (χ3v) is 5.23. The number of alkyl carbamates (subject to hydrolysis) is 1. The minimum atomic E-state index is -0.719. The predicted octanol–water partition coefficient (Wildman–Crippen LogP) is 4.57. The molecule has 2 N–H and O–H groups in total. The number of carbonyl (C=O) groups excluding carboxylic acids is 2. The van der Waals surface area contributed by atoms with E-state index in [1.807, 2.05) is 42.5 Å². The maximum absolute atomic E-state index is 12.1. The van der Waals surface area contributed by atoms with E-state index in [0.717, 1.165) is 31.5 Å². The summed E-state index contributed by atoms with van der Waals surface area (Å²) in [7, 11) is 1.32. The molecular formula is C26H30N2O4. The summed E-state index contributed by atoms with van der Waals surface area (Å²) in [4.78, 5) is 24.1. The van der Waals surface area contributed by atoms with Crippen molar-refractivity contribution in [2.45, 2.75) is 38.5 Å². The van der Waals surface area contributed by atoms with E-state index in [2.05, 4.69) is 41.0 Å². The molecule has 32 heavy (non-hydrogen) atoms. The van der Waals surface area contributed by atoms with Gasteiger partial charge in [-0.3, -0.25) is 0 Å². The number of hydrogen-bond acceptors (Lipinski definition) is 5. The van der Waals surface area contributed by atoms with Gasteiger partial charge in [-0.1, -0.05) is 66.7 Å². The van der Waals surface area contributed by atoms with Gasteiger partial charge in [-0.25, -0.2) is 9.59 Å². The highest BCUT2D eigenvalue weighted by molar-refractivity contribution is 5.83. The van der Waals surface area contributed by atoms with Crippen molar-refractivity contribution in [1.29, 1.82) is 0 Å². The summed E-state index contributed by atoms with van der Waals surface area (Å²) >= 11 is 0. The van der Waals surface area contributed by atoms with Gasteiger partial charge >= 0.3 is 12.1 Å². The van der Waals surface area contributed by atoms with E-state index >= 15 is 0 Å². The van der Waals surface area contributed by atoms with Crippen LogP contribution in [0.3, 0.4) is 0 Å². The lowest BCUT2D eigenvalue weighted by Crippen LogP contribution is -2.41. The Morgan fingerprint density at radius 2 is 1.62 bits per heavy atom. The lowest BCUT2D eigenvalue weighted by atomic mass is 10.1. The molecule has 0 saturated carbocycles. The third kappa shape index (κ3) is 7.39. The highest BCUT2D eigenvalue weighted by atomic mass is 16.6. The molecule has 0 spiro atoms. The van der Waals surface area contributed by atoms with Gasteiger partial charge in [0, 0.05) is 6.54 Å². The second-order valence-electron chi connectivity index (χ2n) is 7.64. The zero-order valence-electron chi connectivity index (χ0n) is 18.4. The number of carbonyl (C=O) groups is 2. The van der Waals surface area contributed by atoms with E-state index in [4.69, 9.17) is 9.47 Å². The van der Waals surface area contributed by atoms with Gasteiger partial charge in [-0.05, 0) is 53.8 Å². The summed E-state index contributed by atoms with van der Waals surface area (Å²) in [5.74, 6) is -0.467. The van der Waals surface area contributed by atoms with E-state index in [0.29, 0.717) is 6.42 Å². The van der Waals surface area contributed by atoms with Crippen molar-refractivity contribution in [1.82, 2.24) is 10.6 Å². The molecule has 0 saturated heterocycles. The van der Waals surface area contributed by atoms with Crippen LogP contribution >= 0.6 is 0 Å². The lowest BCUT2D eigenvalue weighted by Gasteiger charge is -2.16. The lowest BCUT2D eigenvalue weighted by molar-refractivity contribution is -0.143. The Balaban J connectivity index is 1.36. The molecule has 0 fully saturated rings. The van der Waals surface area contributed by atoms with Crippen molar-refractivity contribution < 1.29 is 19.1 Å². The van der Waals surface area contributed by atoms with Crippen LogP contribution in [0.15, 0.2) is 72.8 Å². The number of benzene rings is 3. The first-order valence-corrected chi connectivity index (χ1v) is 10.9. The molecule has 6 nitrogen and oxygen atoms in total. The van der Waals surface area contributed by atoms with Gasteiger partial charge in [0.1, 0.15) is 12.6 Å². The normalized spacial score (nSPS) is 11.7. The average molecular weight is 435 g/mol. The summed E-state index contributed by atoms with van der Waals surface area (Å²) in [6.45, 7) is 1.76. The third-order valence-electron chi connectivity index (χ3n) is 5.23. The molecule has 0 aliphatic carbocycles. The van der Waals surface area contributed by atoms with E-state index in [1.54, 1.807) is 0 Å². The van der Waals surface area contributed by atoms with Crippen LogP contribution in [-0.4, -0.2) is 31.8 Å². The monoisotopic (exact) mass is 434 g/mol. The Kier molecular flexibility index (Phi) is 9.07. The van der Waals surface area contributed by atoms with Crippen molar-refractivity contribution in [3.8, 4) is 0 Å². The highest BCUT2D eigenvalue weighted by Crippen LogP contribution is 2.15. The van der Waals surface area contributed by atoms with Gasteiger partial charge < -0.3 is 20.1 Å². The molecule has 3 aromatic rings. The predicted molar refractivity (Wildman–Crippen MR) is 125 cm³/mol. The van der Waals surface area contributed by atoms with Crippen molar-refractivity contribution >= 4 is 22.8 Å². The number of rotatable bonds is 11. The number of amides is 1. The number of unbranched alkanes of at least 4 members (excludes halogenated alkanes) is 1.